The molecule has 5 heteroatoms. The number of fused-ring (bicyclic) bond motifs is 1. The summed E-state index contributed by atoms with van der Waals surface area (Å²) in [5, 5.41) is 0.679. The molecule has 1 saturated carbocycles. The zero-order valence-electron chi connectivity index (χ0n) is 17.9. The Morgan fingerprint density at radius 1 is 1.10 bits per heavy atom. The minimum Gasteiger partial charge on any atom is -0.497 e. The molecule has 0 amide bonds. The van der Waals surface area contributed by atoms with Crippen LogP contribution in [0.3, 0.4) is 0 Å². The van der Waals surface area contributed by atoms with E-state index in [9.17, 15) is 4.79 Å². The first-order chi connectivity index (χ1) is 15.0. The van der Waals surface area contributed by atoms with Crippen LogP contribution in [0.1, 0.15) is 61.6 Å². The Morgan fingerprint density at radius 2 is 1.84 bits per heavy atom. The normalized spacial score (nSPS) is 19.4. The van der Waals surface area contributed by atoms with Crippen molar-refractivity contribution in [2.45, 2.75) is 57.4 Å². The number of thiocarbonyl (C=S) groups is 1. The molecule has 0 N–H and O–H groups in total. The summed E-state index contributed by atoms with van der Waals surface area (Å²) in [7, 11) is 1.66. The number of hydrogen-bond acceptors (Lipinski definition) is 4. The number of nitrogens with zero attached hydrogens (tertiary/aromatic N) is 1. The van der Waals surface area contributed by atoms with Crippen LogP contribution in [-0.4, -0.2) is 29.5 Å². The van der Waals surface area contributed by atoms with Crippen molar-refractivity contribution < 1.29 is 9.53 Å². The van der Waals surface area contributed by atoms with Gasteiger partial charge in [0.25, 0.3) is 0 Å². The summed E-state index contributed by atoms with van der Waals surface area (Å²) in [6.45, 7) is 0. The Morgan fingerprint density at radius 3 is 2.55 bits per heavy atom. The third-order valence-corrected chi connectivity index (χ3v) is 7.04. The Bertz CT molecular complexity index is 993. The number of Topliss-reactive ketones (excluding diaryl/α,β-unsaturated/α-hetero) is 1. The standard InChI is InChI=1S/C26H28ClNO2S/c1-30-22-12-9-19-14-25(31)24(15-21(29)13-17-5-3-2-4-6-17)28-26(23(19)16-22)18-7-10-20(27)11-8-18/h7-12,16-17,24H,2-6,13-15H2,1H3. The second-order valence-electron chi connectivity index (χ2n) is 8.62. The lowest BCUT2D eigenvalue weighted by atomic mass is 9.84. The lowest BCUT2D eigenvalue weighted by molar-refractivity contribution is -0.120. The van der Waals surface area contributed by atoms with Gasteiger partial charge >= 0.3 is 0 Å². The first-order valence-electron chi connectivity index (χ1n) is 11.1. The van der Waals surface area contributed by atoms with Gasteiger partial charge in [-0.25, -0.2) is 0 Å². The van der Waals surface area contributed by atoms with Gasteiger partial charge in [-0.3, -0.25) is 9.79 Å². The maximum atomic E-state index is 12.9. The Balaban J connectivity index is 1.66. The molecule has 162 valence electrons. The fourth-order valence-electron chi connectivity index (χ4n) is 4.67. The van der Waals surface area contributed by atoms with Gasteiger partial charge in [0.15, 0.2) is 0 Å². The summed E-state index contributed by atoms with van der Waals surface area (Å²) >= 11 is 11.9. The number of rotatable bonds is 6. The largest absolute Gasteiger partial charge is 0.497 e. The number of halogens is 1. The summed E-state index contributed by atoms with van der Waals surface area (Å²) in [5.41, 5.74) is 3.93. The van der Waals surface area contributed by atoms with E-state index >= 15 is 0 Å². The highest BCUT2D eigenvalue weighted by Crippen LogP contribution is 2.30. The Labute approximate surface area is 194 Å². The van der Waals surface area contributed by atoms with Crippen molar-refractivity contribution in [3.8, 4) is 5.75 Å². The van der Waals surface area contributed by atoms with Gasteiger partial charge in [-0.1, -0.05) is 74.1 Å². The minimum absolute atomic E-state index is 0.280. The van der Waals surface area contributed by atoms with Crippen molar-refractivity contribution in [2.75, 3.05) is 7.11 Å². The molecule has 2 aromatic rings. The van der Waals surface area contributed by atoms with E-state index in [-0.39, 0.29) is 11.8 Å². The van der Waals surface area contributed by atoms with Crippen LogP contribution in [0, 0.1) is 5.92 Å². The zero-order chi connectivity index (χ0) is 21.8. The van der Waals surface area contributed by atoms with Gasteiger partial charge in [0.05, 0.1) is 18.9 Å². The molecular formula is C26H28ClNO2S. The van der Waals surface area contributed by atoms with E-state index in [0.29, 0.717) is 30.2 Å². The van der Waals surface area contributed by atoms with Crippen LogP contribution in [0.2, 0.25) is 5.02 Å². The van der Waals surface area contributed by atoms with E-state index in [4.69, 9.17) is 33.5 Å². The highest BCUT2D eigenvalue weighted by atomic mass is 35.5. The third kappa shape index (κ3) is 5.42. The predicted octanol–water partition coefficient (Wildman–Crippen LogP) is 6.41. The maximum Gasteiger partial charge on any atom is 0.135 e. The van der Waals surface area contributed by atoms with Crippen molar-refractivity contribution >= 4 is 40.2 Å². The first kappa shape index (κ1) is 22.2. The van der Waals surface area contributed by atoms with E-state index < -0.39 is 0 Å². The number of benzene rings is 2. The molecule has 4 rings (SSSR count). The topological polar surface area (TPSA) is 38.7 Å². The molecule has 0 spiro atoms. The molecule has 0 saturated heterocycles. The van der Waals surface area contributed by atoms with Crippen LogP contribution < -0.4 is 4.74 Å². The van der Waals surface area contributed by atoms with Crippen molar-refractivity contribution in [2.24, 2.45) is 10.9 Å². The van der Waals surface area contributed by atoms with Crippen molar-refractivity contribution in [3.05, 3.63) is 64.2 Å². The lowest BCUT2D eigenvalue weighted by Gasteiger charge is -2.21. The van der Waals surface area contributed by atoms with E-state index in [1.165, 1.54) is 32.1 Å². The molecule has 1 atom stereocenters. The van der Waals surface area contributed by atoms with E-state index in [1.54, 1.807) is 7.11 Å². The molecule has 1 heterocycles. The molecule has 3 nitrogen and oxygen atoms in total. The molecular weight excluding hydrogens is 426 g/mol. The van der Waals surface area contributed by atoms with Gasteiger partial charge in [0.2, 0.25) is 0 Å². The van der Waals surface area contributed by atoms with Gasteiger partial charge < -0.3 is 4.74 Å². The molecule has 0 radical (unpaired) electrons. The molecule has 1 aliphatic carbocycles. The fraction of sp³-hybridized carbons (Fsp3) is 0.423. The molecule has 1 fully saturated rings. The van der Waals surface area contributed by atoms with Gasteiger partial charge in [-0.15, -0.1) is 0 Å². The summed E-state index contributed by atoms with van der Waals surface area (Å²) < 4.78 is 5.46. The molecule has 2 aliphatic rings. The SMILES string of the molecule is COc1ccc2c(c1)C(c1ccc(Cl)cc1)=NC(CC(=O)CC1CCCCC1)C(=S)C2. The van der Waals surface area contributed by atoms with Crippen molar-refractivity contribution in [1.82, 2.24) is 0 Å². The van der Waals surface area contributed by atoms with Crippen LogP contribution >= 0.6 is 23.8 Å². The van der Waals surface area contributed by atoms with Crippen LogP contribution in [0.4, 0.5) is 0 Å². The number of hydrogen-bond donors (Lipinski definition) is 0. The number of aliphatic imine (C=N–C) groups is 1. The molecule has 31 heavy (non-hydrogen) atoms. The number of ketones is 1. The smallest absolute Gasteiger partial charge is 0.135 e. The third-order valence-electron chi connectivity index (χ3n) is 6.37. The van der Waals surface area contributed by atoms with Gasteiger partial charge in [-0.2, -0.15) is 0 Å². The number of methoxy groups -OCH3 is 1. The van der Waals surface area contributed by atoms with Gasteiger partial charge in [-0.05, 0) is 35.7 Å². The Kier molecular flexibility index (Phi) is 7.19. The average Bonchev–Trinajstić information content (AvgIpc) is 2.91. The number of carbonyl (C=O) groups excluding carboxylic acids is 1. The molecule has 1 unspecified atom stereocenters. The van der Waals surface area contributed by atoms with Crippen molar-refractivity contribution in [1.29, 1.82) is 0 Å². The summed E-state index contributed by atoms with van der Waals surface area (Å²) in [6, 6.07) is 13.4. The van der Waals surface area contributed by atoms with Crippen LogP contribution in [0.15, 0.2) is 47.5 Å². The molecule has 0 bridgehead atoms. The monoisotopic (exact) mass is 453 g/mol. The van der Waals surface area contributed by atoms with Gasteiger partial charge in [0.1, 0.15) is 11.5 Å². The molecule has 0 aromatic heterocycles. The highest BCUT2D eigenvalue weighted by Gasteiger charge is 2.27. The summed E-state index contributed by atoms with van der Waals surface area (Å²) in [5.74, 6) is 1.59. The second kappa shape index (κ2) is 10.1. The fourth-order valence-corrected chi connectivity index (χ4v) is 5.09. The minimum atomic E-state index is -0.282. The molecule has 1 aliphatic heterocycles. The lowest BCUT2D eigenvalue weighted by Crippen LogP contribution is -2.24. The van der Waals surface area contributed by atoms with E-state index in [1.807, 2.05) is 36.4 Å². The number of carbonyl (C=O) groups is 1. The van der Waals surface area contributed by atoms with Crippen LogP contribution in [0.25, 0.3) is 0 Å². The first-order valence-corrected chi connectivity index (χ1v) is 11.9. The highest BCUT2D eigenvalue weighted by molar-refractivity contribution is 7.80. The van der Waals surface area contributed by atoms with E-state index in [2.05, 4.69) is 6.07 Å². The zero-order valence-corrected chi connectivity index (χ0v) is 19.5. The van der Waals surface area contributed by atoms with Crippen molar-refractivity contribution in [3.63, 3.8) is 0 Å². The summed E-state index contributed by atoms with van der Waals surface area (Å²) in [6.07, 6.45) is 7.82. The second-order valence-corrected chi connectivity index (χ2v) is 9.58. The van der Waals surface area contributed by atoms with Gasteiger partial charge in [0, 0.05) is 40.3 Å². The number of ether oxygens (including phenoxy) is 1. The quantitative estimate of drug-likeness (QED) is 0.474. The predicted molar refractivity (Wildman–Crippen MR) is 131 cm³/mol. The van der Waals surface area contributed by atoms with Crippen LogP contribution in [0.5, 0.6) is 5.75 Å². The summed E-state index contributed by atoms with van der Waals surface area (Å²) in [4.78, 5) is 18.8. The van der Waals surface area contributed by atoms with Crippen LogP contribution in [-0.2, 0) is 11.2 Å². The average molecular weight is 454 g/mol. The maximum absolute atomic E-state index is 12.9. The Hall–Kier alpha value is -2.04. The van der Waals surface area contributed by atoms with E-state index in [0.717, 1.165) is 33.0 Å². The molecule has 2 aromatic carbocycles.